The molecule has 0 fully saturated rings. The molecule has 3 aromatic rings. The molecule has 2 aromatic heterocycles. The van der Waals surface area contributed by atoms with Crippen molar-refractivity contribution in [3.05, 3.63) is 54.4 Å². The van der Waals surface area contributed by atoms with Crippen LogP contribution < -0.4 is 0 Å². The van der Waals surface area contributed by atoms with Gasteiger partial charge in [-0.15, -0.1) is 0 Å². The van der Waals surface area contributed by atoms with Crippen molar-refractivity contribution in [2.24, 2.45) is 0 Å². The lowest BCUT2D eigenvalue weighted by Crippen LogP contribution is -1.88. The Balaban J connectivity index is 1.71. The Morgan fingerprint density at radius 2 is 2.00 bits per heavy atom. The quantitative estimate of drug-likeness (QED) is 0.543. The molecular weight excluding hydrogens is 279 g/mol. The molecule has 3 rings (SSSR count). The van der Waals surface area contributed by atoms with E-state index in [1.807, 2.05) is 0 Å². The zero-order valence-electron chi connectivity index (χ0n) is 10.2. The van der Waals surface area contributed by atoms with Crippen LogP contribution in [0.3, 0.4) is 0 Å². The average Bonchev–Trinajstić information content (AvgIpc) is 2.95. The standard InChI is InChI=1S/C13H9FN4OS/c14-10-4-1-3-9(7-10)12-17-11(18-19-12)8-20-13-15-5-2-6-16-13/h1-7H,8H2. The van der Waals surface area contributed by atoms with Gasteiger partial charge in [0, 0.05) is 18.0 Å². The van der Waals surface area contributed by atoms with Gasteiger partial charge in [0.25, 0.3) is 5.89 Å². The maximum atomic E-state index is 13.1. The summed E-state index contributed by atoms with van der Waals surface area (Å²) in [5.74, 6) is 0.966. The Morgan fingerprint density at radius 3 is 2.80 bits per heavy atom. The molecule has 100 valence electrons. The number of thioether (sulfide) groups is 1. The molecule has 0 saturated heterocycles. The first-order valence-corrected chi connectivity index (χ1v) is 6.78. The smallest absolute Gasteiger partial charge is 0.258 e. The number of benzene rings is 1. The predicted molar refractivity (Wildman–Crippen MR) is 71.3 cm³/mol. The lowest BCUT2D eigenvalue weighted by molar-refractivity contribution is 0.425. The predicted octanol–water partition coefficient (Wildman–Crippen LogP) is 2.96. The number of aromatic nitrogens is 4. The molecule has 0 spiro atoms. The van der Waals surface area contributed by atoms with E-state index in [2.05, 4.69) is 20.1 Å². The van der Waals surface area contributed by atoms with Gasteiger partial charge in [0.1, 0.15) is 5.82 Å². The largest absolute Gasteiger partial charge is 0.334 e. The van der Waals surface area contributed by atoms with E-state index in [0.29, 0.717) is 28.2 Å². The van der Waals surface area contributed by atoms with Gasteiger partial charge in [-0.25, -0.2) is 14.4 Å². The lowest BCUT2D eigenvalue weighted by atomic mass is 10.2. The molecule has 0 atom stereocenters. The monoisotopic (exact) mass is 288 g/mol. The van der Waals surface area contributed by atoms with Gasteiger partial charge < -0.3 is 4.52 Å². The molecule has 0 bridgehead atoms. The van der Waals surface area contributed by atoms with Crippen LogP contribution in [-0.4, -0.2) is 20.1 Å². The fourth-order valence-corrected chi connectivity index (χ4v) is 2.19. The normalized spacial score (nSPS) is 10.7. The molecule has 0 aliphatic heterocycles. The first kappa shape index (κ1) is 12.7. The van der Waals surface area contributed by atoms with Crippen LogP contribution in [0.1, 0.15) is 5.82 Å². The highest BCUT2D eigenvalue weighted by Gasteiger charge is 2.10. The van der Waals surface area contributed by atoms with Crippen molar-refractivity contribution < 1.29 is 8.91 Å². The molecule has 2 heterocycles. The summed E-state index contributed by atoms with van der Waals surface area (Å²) in [6, 6.07) is 7.78. The second kappa shape index (κ2) is 5.79. The van der Waals surface area contributed by atoms with E-state index in [9.17, 15) is 4.39 Å². The third-order valence-corrected chi connectivity index (χ3v) is 3.28. The Hall–Kier alpha value is -2.28. The summed E-state index contributed by atoms with van der Waals surface area (Å²) in [6.07, 6.45) is 3.34. The number of hydrogen-bond donors (Lipinski definition) is 0. The summed E-state index contributed by atoms with van der Waals surface area (Å²) in [7, 11) is 0. The molecule has 0 aliphatic carbocycles. The molecule has 1 aromatic carbocycles. The average molecular weight is 288 g/mol. The van der Waals surface area contributed by atoms with E-state index in [1.54, 1.807) is 30.6 Å². The van der Waals surface area contributed by atoms with Crippen molar-refractivity contribution in [1.29, 1.82) is 0 Å². The van der Waals surface area contributed by atoms with E-state index in [1.165, 1.54) is 23.9 Å². The minimum Gasteiger partial charge on any atom is -0.334 e. The molecule has 7 heteroatoms. The van der Waals surface area contributed by atoms with Crippen LogP contribution >= 0.6 is 11.8 Å². The molecule has 0 radical (unpaired) electrons. The summed E-state index contributed by atoms with van der Waals surface area (Å²) in [6.45, 7) is 0. The molecule has 0 unspecified atom stereocenters. The number of nitrogens with zero attached hydrogens (tertiary/aromatic N) is 4. The Bertz CT molecular complexity index is 704. The molecular formula is C13H9FN4OS. The molecule has 0 N–H and O–H groups in total. The van der Waals surface area contributed by atoms with Crippen LogP contribution in [0, 0.1) is 5.82 Å². The Morgan fingerprint density at radius 1 is 1.15 bits per heavy atom. The minimum atomic E-state index is -0.339. The summed E-state index contributed by atoms with van der Waals surface area (Å²) < 4.78 is 18.2. The van der Waals surface area contributed by atoms with Crippen molar-refractivity contribution in [3.8, 4) is 11.5 Å². The molecule has 0 aliphatic rings. The Kier molecular flexibility index (Phi) is 3.69. The highest BCUT2D eigenvalue weighted by molar-refractivity contribution is 7.98. The first-order valence-electron chi connectivity index (χ1n) is 5.79. The third kappa shape index (κ3) is 3.00. The van der Waals surface area contributed by atoms with Gasteiger partial charge in [-0.05, 0) is 24.3 Å². The van der Waals surface area contributed by atoms with Crippen LogP contribution in [0.2, 0.25) is 0 Å². The third-order valence-electron chi connectivity index (χ3n) is 2.41. The van der Waals surface area contributed by atoms with Gasteiger partial charge in [0.05, 0.1) is 5.75 Å². The highest BCUT2D eigenvalue weighted by Crippen LogP contribution is 2.21. The number of rotatable bonds is 4. The van der Waals surface area contributed by atoms with Crippen LogP contribution in [0.15, 0.2) is 52.4 Å². The van der Waals surface area contributed by atoms with Crippen LogP contribution in [0.25, 0.3) is 11.5 Å². The fraction of sp³-hybridized carbons (Fsp3) is 0.0769. The van der Waals surface area contributed by atoms with E-state index < -0.39 is 0 Å². The van der Waals surface area contributed by atoms with Crippen LogP contribution in [0.4, 0.5) is 4.39 Å². The van der Waals surface area contributed by atoms with E-state index in [0.717, 1.165) is 0 Å². The molecule has 0 amide bonds. The first-order chi connectivity index (χ1) is 9.81. The zero-order valence-corrected chi connectivity index (χ0v) is 11.0. The highest BCUT2D eigenvalue weighted by atomic mass is 32.2. The van der Waals surface area contributed by atoms with Gasteiger partial charge in [0.2, 0.25) is 0 Å². The van der Waals surface area contributed by atoms with Gasteiger partial charge in [0.15, 0.2) is 11.0 Å². The van der Waals surface area contributed by atoms with Crippen molar-refractivity contribution >= 4 is 11.8 Å². The summed E-state index contributed by atoms with van der Waals surface area (Å²) in [4.78, 5) is 12.4. The van der Waals surface area contributed by atoms with Crippen molar-refractivity contribution in [1.82, 2.24) is 20.1 Å². The van der Waals surface area contributed by atoms with Crippen molar-refractivity contribution in [3.63, 3.8) is 0 Å². The topological polar surface area (TPSA) is 64.7 Å². The molecule has 20 heavy (non-hydrogen) atoms. The fourth-order valence-electron chi connectivity index (χ4n) is 1.54. The van der Waals surface area contributed by atoms with Crippen LogP contribution in [-0.2, 0) is 5.75 Å². The number of hydrogen-bond acceptors (Lipinski definition) is 6. The van der Waals surface area contributed by atoms with Crippen molar-refractivity contribution in [2.75, 3.05) is 0 Å². The van der Waals surface area contributed by atoms with Crippen LogP contribution in [0.5, 0.6) is 0 Å². The summed E-state index contributed by atoms with van der Waals surface area (Å²) >= 11 is 1.40. The lowest BCUT2D eigenvalue weighted by Gasteiger charge is -1.94. The summed E-state index contributed by atoms with van der Waals surface area (Å²) in [5, 5.41) is 4.50. The number of halogens is 1. The molecule has 5 nitrogen and oxygen atoms in total. The van der Waals surface area contributed by atoms with E-state index in [4.69, 9.17) is 4.52 Å². The maximum absolute atomic E-state index is 13.1. The van der Waals surface area contributed by atoms with Gasteiger partial charge in [-0.1, -0.05) is 23.0 Å². The maximum Gasteiger partial charge on any atom is 0.258 e. The molecule has 0 saturated carbocycles. The van der Waals surface area contributed by atoms with Crippen molar-refractivity contribution in [2.45, 2.75) is 10.9 Å². The summed E-state index contributed by atoms with van der Waals surface area (Å²) in [5.41, 5.74) is 0.560. The Labute approximate surface area is 118 Å². The van der Waals surface area contributed by atoms with E-state index >= 15 is 0 Å². The second-order valence-electron chi connectivity index (χ2n) is 3.85. The van der Waals surface area contributed by atoms with Gasteiger partial charge in [-0.2, -0.15) is 4.98 Å². The second-order valence-corrected chi connectivity index (χ2v) is 4.79. The SMILES string of the molecule is Fc1cccc(-c2nc(CSc3ncccn3)no2)c1. The zero-order chi connectivity index (χ0) is 13.8. The van der Waals surface area contributed by atoms with E-state index in [-0.39, 0.29) is 5.82 Å². The van der Waals surface area contributed by atoms with Gasteiger partial charge in [-0.3, -0.25) is 0 Å². The minimum absolute atomic E-state index is 0.300. The van der Waals surface area contributed by atoms with Gasteiger partial charge >= 0.3 is 0 Å².